The van der Waals surface area contributed by atoms with Crippen molar-refractivity contribution in [1.82, 2.24) is 14.7 Å². The maximum absolute atomic E-state index is 12.6. The highest BCUT2D eigenvalue weighted by Gasteiger charge is 2.12. The van der Waals surface area contributed by atoms with Crippen molar-refractivity contribution >= 4 is 23.2 Å². The molecule has 0 aliphatic rings. The normalized spacial score (nSPS) is 10.5. The number of carbonyl (C=O) groups is 2. The fraction of sp³-hybridized carbons (Fsp3) is 0.320. The van der Waals surface area contributed by atoms with Gasteiger partial charge in [-0.15, -0.1) is 0 Å². The standard InChI is InChI=1S/C25H31N5O3/c1-20-9-11-22(12-10-20)28(2)14-15-29(3)25(32)19-30-18-21(17-26-30)27-24(31)13-16-33-23-7-5-4-6-8-23/h4-12,17-18H,13-16,19H2,1-3H3,(H,27,31). The first kappa shape index (κ1) is 23.8. The van der Waals surface area contributed by atoms with Crippen molar-refractivity contribution in [3.05, 3.63) is 72.6 Å². The minimum Gasteiger partial charge on any atom is -0.493 e. The molecule has 0 aliphatic heterocycles. The topological polar surface area (TPSA) is 79.7 Å². The average molecular weight is 450 g/mol. The Morgan fingerprint density at radius 1 is 1.03 bits per heavy atom. The Bertz CT molecular complexity index is 1030. The van der Waals surface area contributed by atoms with E-state index < -0.39 is 0 Å². The van der Waals surface area contributed by atoms with Crippen LogP contribution in [0.4, 0.5) is 11.4 Å². The van der Waals surface area contributed by atoms with Crippen LogP contribution < -0.4 is 15.0 Å². The minimum absolute atomic E-state index is 0.0513. The fourth-order valence-electron chi connectivity index (χ4n) is 3.13. The molecule has 0 aliphatic carbocycles. The first-order chi connectivity index (χ1) is 15.9. The Morgan fingerprint density at radius 2 is 1.76 bits per heavy atom. The van der Waals surface area contributed by atoms with Gasteiger partial charge in [0.1, 0.15) is 12.3 Å². The number of ether oxygens (including phenoxy) is 1. The molecule has 0 bridgehead atoms. The van der Waals surface area contributed by atoms with Crippen LogP contribution in [0.5, 0.6) is 5.75 Å². The fourth-order valence-corrected chi connectivity index (χ4v) is 3.13. The van der Waals surface area contributed by atoms with Crippen LogP contribution in [0.2, 0.25) is 0 Å². The summed E-state index contributed by atoms with van der Waals surface area (Å²) < 4.78 is 7.06. The summed E-state index contributed by atoms with van der Waals surface area (Å²) in [4.78, 5) is 28.5. The lowest BCUT2D eigenvalue weighted by molar-refractivity contribution is -0.130. The van der Waals surface area contributed by atoms with Gasteiger partial charge in [0.25, 0.3) is 0 Å². The van der Waals surface area contributed by atoms with Crippen LogP contribution in [0.15, 0.2) is 67.0 Å². The van der Waals surface area contributed by atoms with Crippen LogP contribution in [-0.2, 0) is 16.1 Å². The van der Waals surface area contributed by atoms with Crippen LogP contribution >= 0.6 is 0 Å². The number of amides is 2. The smallest absolute Gasteiger partial charge is 0.244 e. The molecule has 8 heteroatoms. The van der Waals surface area contributed by atoms with Crippen LogP contribution in [0.25, 0.3) is 0 Å². The van der Waals surface area contributed by atoms with Crippen LogP contribution in [0.3, 0.4) is 0 Å². The van der Waals surface area contributed by atoms with E-state index in [1.807, 2.05) is 37.4 Å². The third-order valence-corrected chi connectivity index (χ3v) is 5.23. The number of hydrogen-bond acceptors (Lipinski definition) is 5. The van der Waals surface area contributed by atoms with E-state index in [0.717, 1.165) is 18.0 Å². The number of hydrogen-bond donors (Lipinski definition) is 1. The average Bonchev–Trinajstić information content (AvgIpc) is 3.24. The van der Waals surface area contributed by atoms with Gasteiger partial charge in [-0.1, -0.05) is 35.9 Å². The number of aromatic nitrogens is 2. The second-order valence-corrected chi connectivity index (χ2v) is 7.96. The molecule has 0 radical (unpaired) electrons. The molecule has 174 valence electrons. The number of benzene rings is 2. The molecule has 0 unspecified atom stereocenters. The van der Waals surface area contributed by atoms with Gasteiger partial charge in [-0.3, -0.25) is 14.3 Å². The Labute approximate surface area is 194 Å². The zero-order chi connectivity index (χ0) is 23.6. The van der Waals surface area contributed by atoms with E-state index in [2.05, 4.69) is 46.5 Å². The van der Waals surface area contributed by atoms with Crippen LogP contribution in [-0.4, -0.2) is 60.3 Å². The number of aryl methyl sites for hydroxylation is 1. The molecule has 33 heavy (non-hydrogen) atoms. The molecule has 3 aromatic rings. The molecule has 1 heterocycles. The first-order valence-corrected chi connectivity index (χ1v) is 10.9. The van der Waals surface area contributed by atoms with Gasteiger partial charge in [0, 0.05) is 39.1 Å². The van der Waals surface area contributed by atoms with Crippen molar-refractivity contribution in [2.24, 2.45) is 0 Å². The number of carbonyl (C=O) groups excluding carboxylic acids is 2. The molecule has 8 nitrogen and oxygen atoms in total. The second-order valence-electron chi connectivity index (χ2n) is 7.96. The molecule has 3 rings (SSSR count). The summed E-state index contributed by atoms with van der Waals surface area (Å²) in [6.45, 7) is 3.76. The number of nitrogens with zero attached hydrogens (tertiary/aromatic N) is 4. The van der Waals surface area contributed by atoms with E-state index >= 15 is 0 Å². The van der Waals surface area contributed by atoms with Gasteiger partial charge in [-0.25, -0.2) is 0 Å². The van der Waals surface area contributed by atoms with Crippen LogP contribution in [0.1, 0.15) is 12.0 Å². The summed E-state index contributed by atoms with van der Waals surface area (Å²) in [5, 5.41) is 6.96. The van der Waals surface area contributed by atoms with E-state index in [9.17, 15) is 9.59 Å². The number of rotatable bonds is 11. The predicted octanol–water partition coefficient (Wildman–Crippen LogP) is 3.19. The molecule has 1 N–H and O–H groups in total. The zero-order valence-corrected chi connectivity index (χ0v) is 19.4. The Balaban J connectivity index is 1.39. The zero-order valence-electron chi connectivity index (χ0n) is 19.4. The highest BCUT2D eigenvalue weighted by Crippen LogP contribution is 2.13. The largest absolute Gasteiger partial charge is 0.493 e. The maximum Gasteiger partial charge on any atom is 0.244 e. The Morgan fingerprint density at radius 3 is 2.48 bits per heavy atom. The van der Waals surface area contributed by atoms with Crippen LogP contribution in [0, 0.1) is 6.92 Å². The molecule has 0 saturated heterocycles. The van der Waals surface area contributed by atoms with Gasteiger partial charge >= 0.3 is 0 Å². The first-order valence-electron chi connectivity index (χ1n) is 10.9. The molecule has 0 fully saturated rings. The molecule has 0 saturated carbocycles. The molecule has 2 amide bonds. The summed E-state index contributed by atoms with van der Waals surface area (Å²) in [5.74, 6) is 0.503. The van der Waals surface area contributed by atoms with E-state index in [-0.39, 0.29) is 31.4 Å². The Hall–Kier alpha value is -3.81. The quantitative estimate of drug-likeness (QED) is 0.486. The van der Waals surface area contributed by atoms with Gasteiger partial charge in [-0.2, -0.15) is 5.10 Å². The highest BCUT2D eigenvalue weighted by molar-refractivity contribution is 5.90. The van der Waals surface area contributed by atoms with E-state index in [1.54, 1.807) is 18.1 Å². The number of nitrogens with one attached hydrogen (secondary N) is 1. The molecule has 1 aromatic heterocycles. The molecular weight excluding hydrogens is 418 g/mol. The monoisotopic (exact) mass is 449 g/mol. The maximum atomic E-state index is 12.6. The molecule has 0 spiro atoms. The summed E-state index contributed by atoms with van der Waals surface area (Å²) >= 11 is 0. The third kappa shape index (κ3) is 7.68. The molecular formula is C25H31N5O3. The van der Waals surface area contributed by atoms with Gasteiger partial charge in [0.15, 0.2) is 0 Å². The molecule has 0 atom stereocenters. The summed E-state index contributed by atoms with van der Waals surface area (Å²) in [6, 6.07) is 17.7. The van der Waals surface area contributed by atoms with Crippen molar-refractivity contribution in [2.45, 2.75) is 19.9 Å². The van der Waals surface area contributed by atoms with Crippen molar-refractivity contribution in [3.63, 3.8) is 0 Å². The van der Waals surface area contributed by atoms with Gasteiger partial charge < -0.3 is 19.9 Å². The lowest BCUT2D eigenvalue weighted by Gasteiger charge is -2.24. The third-order valence-electron chi connectivity index (χ3n) is 5.23. The van der Waals surface area contributed by atoms with E-state index in [1.165, 1.54) is 16.4 Å². The lowest BCUT2D eigenvalue weighted by Crippen LogP contribution is -2.36. The van der Waals surface area contributed by atoms with Crippen molar-refractivity contribution in [1.29, 1.82) is 0 Å². The van der Waals surface area contributed by atoms with Gasteiger partial charge in [-0.05, 0) is 31.2 Å². The van der Waals surface area contributed by atoms with Crippen molar-refractivity contribution in [3.8, 4) is 5.75 Å². The SMILES string of the molecule is Cc1ccc(N(C)CCN(C)C(=O)Cn2cc(NC(=O)CCOc3ccccc3)cn2)cc1. The highest BCUT2D eigenvalue weighted by atomic mass is 16.5. The van der Waals surface area contributed by atoms with Gasteiger partial charge in [0.05, 0.1) is 24.9 Å². The van der Waals surface area contributed by atoms with Crippen molar-refractivity contribution in [2.75, 3.05) is 44.0 Å². The predicted molar refractivity (Wildman–Crippen MR) is 129 cm³/mol. The summed E-state index contributed by atoms with van der Waals surface area (Å²) in [7, 11) is 3.79. The lowest BCUT2D eigenvalue weighted by atomic mass is 10.2. The number of anilines is 2. The summed E-state index contributed by atoms with van der Waals surface area (Å²) in [6.07, 6.45) is 3.41. The number of para-hydroxylation sites is 1. The number of likely N-dealkylation sites (N-methyl/N-ethyl adjacent to an activating group) is 2. The van der Waals surface area contributed by atoms with E-state index in [0.29, 0.717) is 12.2 Å². The van der Waals surface area contributed by atoms with Gasteiger partial charge in [0.2, 0.25) is 11.8 Å². The Kier molecular flexibility index (Phi) is 8.46. The minimum atomic E-state index is -0.173. The molecule has 2 aromatic carbocycles. The summed E-state index contributed by atoms with van der Waals surface area (Å²) in [5.41, 5.74) is 2.88. The van der Waals surface area contributed by atoms with Crippen molar-refractivity contribution < 1.29 is 14.3 Å². The second kappa shape index (κ2) is 11.7. The van der Waals surface area contributed by atoms with E-state index in [4.69, 9.17) is 4.74 Å².